The van der Waals surface area contributed by atoms with Crippen LogP contribution in [-0.2, 0) is 13.6 Å². The number of pyridine rings is 1. The summed E-state index contributed by atoms with van der Waals surface area (Å²) in [6, 6.07) is 3.24. The Hall–Kier alpha value is -1.24. The number of aromatic nitrogens is 1. The molecular weight excluding hydrogens is 238 g/mol. The summed E-state index contributed by atoms with van der Waals surface area (Å²) in [5.41, 5.74) is 0.607. The zero-order valence-corrected chi connectivity index (χ0v) is 11.4. The summed E-state index contributed by atoms with van der Waals surface area (Å²) in [4.78, 5) is 15.5. The Bertz CT molecular complexity index is 343. The van der Waals surface area contributed by atoms with E-state index in [2.05, 4.69) is 4.98 Å². The maximum Gasteiger partial charge on any atom is 0.338 e. The Labute approximate surface area is 103 Å². The Balaban J connectivity index is 2.43. The van der Waals surface area contributed by atoms with Gasteiger partial charge in [0.2, 0.25) is 0 Å². The summed E-state index contributed by atoms with van der Waals surface area (Å²) in [6.07, 6.45) is 3.11. The second-order valence-electron chi connectivity index (χ2n) is 3.65. The minimum Gasteiger partial charge on any atom is -0.462 e. The van der Waals surface area contributed by atoms with E-state index in [0.29, 0.717) is 12.2 Å². The van der Waals surface area contributed by atoms with Crippen LogP contribution in [0.4, 0.5) is 0 Å². The molecule has 1 rings (SSSR count). The van der Waals surface area contributed by atoms with Gasteiger partial charge in [-0.1, -0.05) is 6.92 Å². The second-order valence-corrected chi connectivity index (χ2v) is 6.47. The highest BCUT2D eigenvalue weighted by molar-refractivity contribution is 6.46. The van der Waals surface area contributed by atoms with E-state index in [1.54, 1.807) is 38.7 Å². The van der Waals surface area contributed by atoms with E-state index in [0.717, 1.165) is 0 Å². The molecule has 1 aromatic rings. The van der Waals surface area contributed by atoms with Crippen LogP contribution in [0.25, 0.3) is 0 Å². The highest BCUT2D eigenvalue weighted by atomic mass is 28.3. The molecule has 0 bridgehead atoms. The average molecular weight is 255 g/mol. The van der Waals surface area contributed by atoms with Gasteiger partial charge in [-0.3, -0.25) is 4.98 Å². The quantitative estimate of drug-likeness (QED) is 0.563. The maximum atomic E-state index is 11.6. The van der Waals surface area contributed by atoms with Gasteiger partial charge in [0.05, 0.1) is 12.2 Å². The Morgan fingerprint density at radius 3 is 2.47 bits per heavy atom. The lowest BCUT2D eigenvalue weighted by Gasteiger charge is -2.18. The second kappa shape index (κ2) is 7.15. The van der Waals surface area contributed by atoms with Crippen LogP contribution in [0.15, 0.2) is 24.5 Å². The first-order valence-corrected chi connectivity index (χ1v) is 6.92. The van der Waals surface area contributed by atoms with E-state index in [1.807, 2.05) is 6.92 Å². The molecule has 94 valence electrons. The molecule has 0 radical (unpaired) electrons. The molecule has 5 nitrogen and oxygen atoms in total. The fourth-order valence-electron chi connectivity index (χ4n) is 1.42. The van der Waals surface area contributed by atoms with E-state index >= 15 is 0 Å². The van der Waals surface area contributed by atoms with Crippen molar-refractivity contribution in [3.05, 3.63) is 30.1 Å². The van der Waals surface area contributed by atoms with Gasteiger partial charge in [0, 0.05) is 32.2 Å². The first-order valence-electron chi connectivity index (χ1n) is 5.31. The monoisotopic (exact) mass is 255 g/mol. The zero-order chi connectivity index (χ0) is 12.7. The van der Waals surface area contributed by atoms with Gasteiger partial charge >= 0.3 is 15.3 Å². The van der Waals surface area contributed by atoms with Gasteiger partial charge in [-0.25, -0.2) is 4.79 Å². The molecule has 6 heteroatoms. The van der Waals surface area contributed by atoms with E-state index < -0.39 is 9.28 Å². The summed E-state index contributed by atoms with van der Waals surface area (Å²) in [5.74, 6) is -0.348. The largest absolute Gasteiger partial charge is 0.462 e. The molecule has 1 unspecified atom stereocenters. The fraction of sp³-hybridized carbons (Fsp3) is 0.455. The third kappa shape index (κ3) is 4.26. The zero-order valence-electron chi connectivity index (χ0n) is 10.3. The van der Waals surface area contributed by atoms with Crippen LogP contribution in [0.3, 0.4) is 0 Å². The molecule has 0 spiro atoms. The normalized spacial score (nSPS) is 12.5. The lowest BCUT2D eigenvalue weighted by Crippen LogP contribution is -2.28. The Morgan fingerprint density at radius 1 is 1.35 bits per heavy atom. The highest BCUT2D eigenvalue weighted by Crippen LogP contribution is 2.12. The Kier molecular flexibility index (Phi) is 5.82. The molecule has 0 fully saturated rings. The van der Waals surface area contributed by atoms with Crippen LogP contribution < -0.4 is 0 Å². The van der Waals surface area contributed by atoms with E-state index in [4.69, 9.17) is 13.6 Å². The molecule has 0 aromatic carbocycles. The number of ether oxygens (including phenoxy) is 1. The third-order valence-electron chi connectivity index (χ3n) is 2.32. The molecule has 0 aliphatic carbocycles. The van der Waals surface area contributed by atoms with Crippen LogP contribution in [-0.4, -0.2) is 41.1 Å². The Morgan fingerprint density at radius 2 is 1.94 bits per heavy atom. The number of carbonyl (C=O) groups excluding carboxylic acids is 1. The number of rotatable bonds is 6. The predicted molar refractivity (Wildman–Crippen MR) is 65.1 cm³/mol. The van der Waals surface area contributed by atoms with Gasteiger partial charge in [-0.05, 0) is 12.1 Å². The van der Waals surface area contributed by atoms with Gasteiger partial charge in [0.1, 0.15) is 0 Å². The third-order valence-corrected chi connectivity index (χ3v) is 4.37. The molecular formula is C11H17NO4Si. The van der Waals surface area contributed by atoms with Gasteiger partial charge < -0.3 is 13.6 Å². The van der Waals surface area contributed by atoms with Gasteiger partial charge in [0.15, 0.2) is 0 Å². The smallest absolute Gasteiger partial charge is 0.338 e. The van der Waals surface area contributed by atoms with Crippen molar-refractivity contribution >= 4 is 15.3 Å². The maximum absolute atomic E-state index is 11.6. The molecule has 0 N–H and O–H groups in total. The van der Waals surface area contributed by atoms with Crippen molar-refractivity contribution in [2.24, 2.45) is 0 Å². The number of hydrogen-bond donors (Lipinski definition) is 0. The molecule has 0 amide bonds. The van der Waals surface area contributed by atoms with E-state index in [-0.39, 0.29) is 11.5 Å². The first kappa shape index (κ1) is 13.8. The molecule has 1 heterocycles. The predicted octanol–water partition coefficient (Wildman–Crippen LogP) is 1.14. The molecule has 0 saturated heterocycles. The molecule has 0 saturated carbocycles. The summed E-state index contributed by atoms with van der Waals surface area (Å²) in [6.45, 7) is 2.25. The summed E-state index contributed by atoms with van der Waals surface area (Å²) < 4.78 is 15.6. The lowest BCUT2D eigenvalue weighted by atomic mass is 10.3. The van der Waals surface area contributed by atoms with Crippen molar-refractivity contribution in [2.75, 3.05) is 20.8 Å². The minimum atomic E-state index is -1.73. The van der Waals surface area contributed by atoms with Crippen molar-refractivity contribution < 1.29 is 18.4 Å². The van der Waals surface area contributed by atoms with Crippen molar-refractivity contribution in [3.63, 3.8) is 0 Å². The number of esters is 1. The van der Waals surface area contributed by atoms with Crippen LogP contribution in [0.5, 0.6) is 0 Å². The number of hydrogen-bond acceptors (Lipinski definition) is 5. The first-order chi connectivity index (χ1) is 8.19. The van der Waals surface area contributed by atoms with E-state index in [9.17, 15) is 4.79 Å². The van der Waals surface area contributed by atoms with Gasteiger partial charge in [-0.15, -0.1) is 0 Å². The van der Waals surface area contributed by atoms with Gasteiger partial charge in [0.25, 0.3) is 0 Å². The SMILES string of the molecule is CO[SiH](OC)C(C)COC(=O)c1ccncc1. The van der Waals surface area contributed by atoms with Crippen LogP contribution in [0, 0.1) is 0 Å². The lowest BCUT2D eigenvalue weighted by molar-refractivity contribution is 0.0492. The summed E-state index contributed by atoms with van der Waals surface area (Å²) in [5, 5.41) is 0. The molecule has 1 atom stereocenters. The van der Waals surface area contributed by atoms with Crippen molar-refractivity contribution in [3.8, 4) is 0 Å². The number of carbonyl (C=O) groups is 1. The highest BCUT2D eigenvalue weighted by Gasteiger charge is 2.21. The van der Waals surface area contributed by atoms with Crippen LogP contribution >= 0.6 is 0 Å². The standard InChI is InChI=1S/C11H17NO4Si/c1-9(17(14-2)15-3)8-16-11(13)10-4-6-12-7-5-10/h4-7,9,17H,8H2,1-3H3. The molecule has 1 aromatic heterocycles. The molecule has 0 aliphatic rings. The fourth-order valence-corrected chi connectivity index (χ4v) is 2.79. The summed E-state index contributed by atoms with van der Waals surface area (Å²) in [7, 11) is 1.50. The number of nitrogens with zero attached hydrogens (tertiary/aromatic N) is 1. The van der Waals surface area contributed by atoms with Crippen molar-refractivity contribution in [2.45, 2.75) is 12.5 Å². The average Bonchev–Trinajstić information content (AvgIpc) is 2.38. The van der Waals surface area contributed by atoms with Crippen molar-refractivity contribution in [1.29, 1.82) is 0 Å². The van der Waals surface area contributed by atoms with Crippen LogP contribution in [0.2, 0.25) is 5.54 Å². The van der Waals surface area contributed by atoms with E-state index in [1.165, 1.54) is 0 Å². The summed E-state index contributed by atoms with van der Waals surface area (Å²) >= 11 is 0. The molecule has 0 aliphatic heterocycles. The minimum absolute atomic E-state index is 0.107. The molecule has 17 heavy (non-hydrogen) atoms. The van der Waals surface area contributed by atoms with Crippen molar-refractivity contribution in [1.82, 2.24) is 4.98 Å². The topological polar surface area (TPSA) is 57.7 Å². The van der Waals surface area contributed by atoms with Gasteiger partial charge in [-0.2, -0.15) is 0 Å². The van der Waals surface area contributed by atoms with Crippen LogP contribution in [0.1, 0.15) is 17.3 Å².